The second-order valence-corrected chi connectivity index (χ2v) is 7.86. The van der Waals surface area contributed by atoms with E-state index in [0.717, 1.165) is 5.56 Å². The van der Waals surface area contributed by atoms with Crippen molar-refractivity contribution < 1.29 is 14.6 Å². The molecule has 4 heteroatoms. The summed E-state index contributed by atoms with van der Waals surface area (Å²) in [6, 6.07) is 9.68. The first-order valence-electron chi connectivity index (χ1n) is 8.40. The number of nitrogens with zero attached hydrogens (tertiary/aromatic N) is 1. The second-order valence-electron chi connectivity index (χ2n) is 7.86. The zero-order valence-corrected chi connectivity index (χ0v) is 14.5. The molecule has 0 aromatic heterocycles. The topological polar surface area (TPSA) is 49.8 Å². The molecule has 1 amide bonds. The van der Waals surface area contributed by atoms with Gasteiger partial charge in [0, 0.05) is 12.5 Å². The Bertz CT molecular complexity index is 568. The summed E-state index contributed by atoms with van der Waals surface area (Å²) < 4.78 is 5.73. The molecule has 1 N–H and O–H groups in total. The van der Waals surface area contributed by atoms with Gasteiger partial charge in [-0.05, 0) is 16.4 Å². The maximum absolute atomic E-state index is 13.2. The fourth-order valence-corrected chi connectivity index (χ4v) is 4.16. The van der Waals surface area contributed by atoms with E-state index in [9.17, 15) is 9.90 Å². The molecule has 126 valence electrons. The standard InChI is InChI=1S/C19H27NO3/c1-18(2)16(19(18,3)4)17(22)20-10-11-23-14(12-21)15(20)13-8-6-5-7-9-13/h5-9,14-16,21H,10-12H2,1-4H3/t14-,15-/m1/s1. The van der Waals surface area contributed by atoms with Crippen LogP contribution < -0.4 is 0 Å². The summed E-state index contributed by atoms with van der Waals surface area (Å²) in [6.07, 6.45) is -0.361. The number of rotatable bonds is 3. The Labute approximate surface area is 138 Å². The summed E-state index contributed by atoms with van der Waals surface area (Å²) in [4.78, 5) is 15.2. The highest BCUT2D eigenvalue weighted by Crippen LogP contribution is 2.69. The number of hydrogen-bond acceptors (Lipinski definition) is 3. The fraction of sp³-hybridized carbons (Fsp3) is 0.632. The maximum Gasteiger partial charge on any atom is 0.227 e. The van der Waals surface area contributed by atoms with Crippen LogP contribution in [-0.4, -0.2) is 41.8 Å². The third kappa shape index (κ3) is 2.48. The number of aliphatic hydroxyl groups excluding tert-OH is 1. The fourth-order valence-electron chi connectivity index (χ4n) is 4.16. The molecular weight excluding hydrogens is 290 g/mol. The van der Waals surface area contributed by atoms with Gasteiger partial charge in [0.2, 0.25) is 5.91 Å². The molecule has 1 aromatic rings. The van der Waals surface area contributed by atoms with Crippen LogP contribution in [0.2, 0.25) is 0 Å². The molecule has 2 aliphatic rings. The SMILES string of the molecule is CC1(C)C(C(=O)N2CCO[C@H](CO)[C@H]2c2ccccc2)C1(C)C. The number of hydrogen-bond donors (Lipinski definition) is 1. The highest BCUT2D eigenvalue weighted by atomic mass is 16.5. The van der Waals surface area contributed by atoms with Crippen LogP contribution in [0, 0.1) is 16.7 Å². The Morgan fingerprint density at radius 3 is 2.35 bits per heavy atom. The van der Waals surface area contributed by atoms with E-state index in [4.69, 9.17) is 4.74 Å². The van der Waals surface area contributed by atoms with Crippen molar-refractivity contribution in [3.8, 4) is 0 Å². The molecule has 0 unspecified atom stereocenters. The maximum atomic E-state index is 13.2. The van der Waals surface area contributed by atoms with Gasteiger partial charge in [-0.2, -0.15) is 0 Å². The number of morpholine rings is 1. The zero-order valence-electron chi connectivity index (χ0n) is 14.5. The minimum atomic E-state index is -0.361. The summed E-state index contributed by atoms with van der Waals surface area (Å²) >= 11 is 0. The summed E-state index contributed by atoms with van der Waals surface area (Å²) in [5, 5.41) is 9.72. The van der Waals surface area contributed by atoms with Gasteiger partial charge < -0.3 is 14.7 Å². The first-order chi connectivity index (χ1) is 10.8. The largest absolute Gasteiger partial charge is 0.394 e. The molecule has 2 atom stereocenters. The molecule has 3 rings (SSSR count). The predicted molar refractivity (Wildman–Crippen MR) is 88.8 cm³/mol. The Kier molecular flexibility index (Phi) is 4.01. The van der Waals surface area contributed by atoms with E-state index in [1.54, 1.807) is 0 Å². The Morgan fingerprint density at radius 2 is 1.83 bits per heavy atom. The lowest BCUT2D eigenvalue weighted by molar-refractivity contribution is -0.152. The van der Waals surface area contributed by atoms with Crippen LogP contribution in [0.25, 0.3) is 0 Å². The van der Waals surface area contributed by atoms with Gasteiger partial charge in [-0.25, -0.2) is 0 Å². The van der Waals surface area contributed by atoms with E-state index in [-0.39, 0.29) is 41.4 Å². The van der Waals surface area contributed by atoms with Gasteiger partial charge >= 0.3 is 0 Å². The molecule has 1 aromatic carbocycles. The molecule has 23 heavy (non-hydrogen) atoms. The monoisotopic (exact) mass is 317 g/mol. The average molecular weight is 317 g/mol. The van der Waals surface area contributed by atoms with E-state index < -0.39 is 0 Å². The van der Waals surface area contributed by atoms with Crippen molar-refractivity contribution in [1.29, 1.82) is 0 Å². The molecule has 1 aliphatic carbocycles. The lowest BCUT2D eigenvalue weighted by atomic mass is 9.97. The number of amides is 1. The lowest BCUT2D eigenvalue weighted by Gasteiger charge is -2.41. The highest BCUT2D eigenvalue weighted by molar-refractivity contribution is 5.84. The van der Waals surface area contributed by atoms with Crippen LogP contribution in [0.15, 0.2) is 30.3 Å². The minimum absolute atomic E-state index is 0.0122. The van der Waals surface area contributed by atoms with Crippen LogP contribution >= 0.6 is 0 Å². The van der Waals surface area contributed by atoms with Crippen LogP contribution in [0.1, 0.15) is 39.3 Å². The minimum Gasteiger partial charge on any atom is -0.394 e. The quantitative estimate of drug-likeness (QED) is 0.932. The molecule has 1 saturated carbocycles. The van der Waals surface area contributed by atoms with E-state index in [2.05, 4.69) is 27.7 Å². The van der Waals surface area contributed by atoms with Gasteiger partial charge in [-0.1, -0.05) is 58.0 Å². The van der Waals surface area contributed by atoms with Crippen LogP contribution in [-0.2, 0) is 9.53 Å². The third-order valence-electron chi connectivity index (χ3n) is 6.22. The molecule has 4 nitrogen and oxygen atoms in total. The van der Waals surface area contributed by atoms with Crippen molar-refractivity contribution in [1.82, 2.24) is 4.90 Å². The van der Waals surface area contributed by atoms with E-state index >= 15 is 0 Å². The molecule has 0 radical (unpaired) electrons. The van der Waals surface area contributed by atoms with Gasteiger partial charge in [0.05, 0.1) is 19.3 Å². The second kappa shape index (κ2) is 5.60. The number of carbonyl (C=O) groups is 1. The smallest absolute Gasteiger partial charge is 0.227 e. The molecule has 1 saturated heterocycles. The molecule has 1 heterocycles. The van der Waals surface area contributed by atoms with Crippen molar-refractivity contribution in [3.63, 3.8) is 0 Å². The number of benzene rings is 1. The summed E-state index contributed by atoms with van der Waals surface area (Å²) in [5.74, 6) is 0.217. The zero-order chi connectivity index (χ0) is 16.8. The van der Waals surface area contributed by atoms with Gasteiger partial charge in [0.15, 0.2) is 0 Å². The van der Waals surface area contributed by atoms with Gasteiger partial charge in [-0.15, -0.1) is 0 Å². The van der Waals surface area contributed by atoms with E-state index in [1.807, 2.05) is 35.2 Å². The van der Waals surface area contributed by atoms with Gasteiger partial charge in [0.1, 0.15) is 6.10 Å². The van der Waals surface area contributed by atoms with Gasteiger partial charge in [-0.3, -0.25) is 4.79 Å². The Balaban J connectivity index is 1.91. The van der Waals surface area contributed by atoms with Crippen LogP contribution in [0.3, 0.4) is 0 Å². The van der Waals surface area contributed by atoms with Crippen molar-refractivity contribution in [2.45, 2.75) is 39.8 Å². The summed E-state index contributed by atoms with van der Waals surface area (Å²) in [7, 11) is 0. The molecule has 0 spiro atoms. The first kappa shape index (κ1) is 16.5. The van der Waals surface area contributed by atoms with Crippen molar-refractivity contribution in [3.05, 3.63) is 35.9 Å². The number of carbonyl (C=O) groups excluding carboxylic acids is 1. The van der Waals surface area contributed by atoms with Gasteiger partial charge in [0.25, 0.3) is 0 Å². The number of ether oxygens (including phenoxy) is 1. The molecular formula is C19H27NO3. The predicted octanol–water partition coefficient (Wildman–Crippen LogP) is 2.63. The first-order valence-corrected chi connectivity index (χ1v) is 8.40. The molecule has 0 bridgehead atoms. The average Bonchev–Trinajstić information content (AvgIpc) is 2.96. The summed E-state index contributed by atoms with van der Waals surface area (Å²) in [5.41, 5.74) is 1.05. The van der Waals surface area contributed by atoms with Crippen molar-refractivity contribution in [2.24, 2.45) is 16.7 Å². The molecule has 1 aliphatic heterocycles. The number of aliphatic hydroxyl groups is 1. The van der Waals surface area contributed by atoms with Crippen molar-refractivity contribution >= 4 is 5.91 Å². The summed E-state index contributed by atoms with van der Waals surface area (Å²) in [6.45, 7) is 9.63. The third-order valence-corrected chi connectivity index (χ3v) is 6.22. The van der Waals surface area contributed by atoms with Crippen LogP contribution in [0.5, 0.6) is 0 Å². The van der Waals surface area contributed by atoms with Crippen molar-refractivity contribution in [2.75, 3.05) is 19.8 Å². The van der Waals surface area contributed by atoms with E-state index in [0.29, 0.717) is 13.2 Å². The normalized spacial score (nSPS) is 29.3. The lowest BCUT2D eigenvalue weighted by Crippen LogP contribution is -2.50. The molecule has 2 fully saturated rings. The van der Waals surface area contributed by atoms with Crippen LogP contribution in [0.4, 0.5) is 0 Å². The Morgan fingerprint density at radius 1 is 1.22 bits per heavy atom. The Hall–Kier alpha value is -1.39. The highest BCUT2D eigenvalue weighted by Gasteiger charge is 2.69. The van der Waals surface area contributed by atoms with E-state index in [1.165, 1.54) is 0 Å².